The van der Waals surface area contributed by atoms with E-state index < -0.39 is 5.91 Å². The molecule has 0 saturated carbocycles. The molecule has 2 amide bonds. The van der Waals surface area contributed by atoms with Gasteiger partial charge >= 0.3 is 0 Å². The maximum absolute atomic E-state index is 12.6. The monoisotopic (exact) mass is 359 g/mol. The molecule has 0 radical (unpaired) electrons. The van der Waals surface area contributed by atoms with Crippen LogP contribution in [0, 0.1) is 0 Å². The maximum atomic E-state index is 12.6. The van der Waals surface area contributed by atoms with E-state index >= 15 is 0 Å². The van der Waals surface area contributed by atoms with Crippen molar-refractivity contribution >= 4 is 29.1 Å². The Kier molecular flexibility index (Phi) is 6.95. The Hall–Kier alpha value is -2.40. The smallest absolute Gasteiger partial charge is 0.274 e. The molecule has 0 aliphatic rings. The summed E-state index contributed by atoms with van der Waals surface area (Å²) in [6, 6.07) is 11.8. The zero-order chi connectivity index (χ0) is 18.2. The summed E-state index contributed by atoms with van der Waals surface area (Å²) in [5, 5.41) is 3.16. The van der Waals surface area contributed by atoms with Crippen molar-refractivity contribution in [3.8, 4) is 0 Å². The third kappa shape index (κ3) is 5.03. The number of nitrogens with zero attached hydrogens (tertiary/aromatic N) is 2. The highest BCUT2D eigenvalue weighted by Crippen LogP contribution is 2.21. The van der Waals surface area contributed by atoms with Crippen LogP contribution in [0.4, 0.5) is 5.69 Å². The average molecular weight is 360 g/mol. The zero-order valence-electron chi connectivity index (χ0n) is 14.5. The van der Waals surface area contributed by atoms with Gasteiger partial charge in [-0.2, -0.15) is 0 Å². The summed E-state index contributed by atoms with van der Waals surface area (Å²) in [5.74, 6) is -0.559. The molecule has 1 N–H and O–H groups in total. The van der Waals surface area contributed by atoms with E-state index in [4.69, 9.17) is 11.6 Å². The second-order valence-electron chi connectivity index (χ2n) is 5.63. The van der Waals surface area contributed by atoms with Crippen LogP contribution in [0.25, 0.3) is 0 Å². The first-order chi connectivity index (χ1) is 12.1. The zero-order valence-corrected chi connectivity index (χ0v) is 15.2. The standard InChI is InChI=1S/C19H22ClN3O2/c1-3-12-23(13-4-2)19(25)17-11-7-10-16(21-17)18(24)22-15-9-6-5-8-14(15)20/h5-11H,3-4,12-13H2,1-2H3,(H,22,24). The molecule has 25 heavy (non-hydrogen) atoms. The summed E-state index contributed by atoms with van der Waals surface area (Å²) < 4.78 is 0. The van der Waals surface area contributed by atoms with Gasteiger partial charge in [0.25, 0.3) is 11.8 Å². The minimum Gasteiger partial charge on any atom is -0.337 e. The molecule has 0 fully saturated rings. The summed E-state index contributed by atoms with van der Waals surface area (Å²) in [6.07, 6.45) is 1.75. The Labute approximate surface area is 153 Å². The van der Waals surface area contributed by atoms with Gasteiger partial charge in [-0.15, -0.1) is 0 Å². The van der Waals surface area contributed by atoms with E-state index in [1.807, 2.05) is 13.8 Å². The molecule has 132 valence electrons. The fourth-order valence-electron chi connectivity index (χ4n) is 2.45. The van der Waals surface area contributed by atoms with Gasteiger partial charge in [-0.3, -0.25) is 9.59 Å². The second kappa shape index (κ2) is 9.18. The Morgan fingerprint density at radius 2 is 1.64 bits per heavy atom. The van der Waals surface area contributed by atoms with Gasteiger partial charge in [-0.1, -0.05) is 43.6 Å². The number of carbonyl (C=O) groups is 2. The molecular formula is C19H22ClN3O2. The van der Waals surface area contributed by atoms with Crippen molar-refractivity contribution in [3.63, 3.8) is 0 Å². The Bertz CT molecular complexity index is 743. The molecule has 0 atom stereocenters. The number of para-hydroxylation sites is 1. The largest absolute Gasteiger partial charge is 0.337 e. The molecule has 0 aliphatic heterocycles. The summed E-state index contributed by atoms with van der Waals surface area (Å²) in [4.78, 5) is 31.0. The normalized spacial score (nSPS) is 10.4. The lowest BCUT2D eigenvalue weighted by atomic mass is 10.2. The molecule has 2 rings (SSSR count). The number of hydrogen-bond acceptors (Lipinski definition) is 3. The highest BCUT2D eigenvalue weighted by Gasteiger charge is 2.18. The van der Waals surface area contributed by atoms with E-state index in [-0.39, 0.29) is 17.3 Å². The Morgan fingerprint density at radius 1 is 1.00 bits per heavy atom. The minimum atomic E-state index is -0.403. The second-order valence-corrected chi connectivity index (χ2v) is 6.04. The van der Waals surface area contributed by atoms with Gasteiger partial charge < -0.3 is 10.2 Å². The van der Waals surface area contributed by atoms with Gasteiger partial charge in [0.15, 0.2) is 0 Å². The van der Waals surface area contributed by atoms with Crippen molar-refractivity contribution in [2.24, 2.45) is 0 Å². The summed E-state index contributed by atoms with van der Waals surface area (Å²) in [6.45, 7) is 5.39. The molecule has 1 aromatic heterocycles. The molecule has 0 unspecified atom stereocenters. The molecule has 6 heteroatoms. The number of carbonyl (C=O) groups excluding carboxylic acids is 2. The van der Waals surface area contributed by atoms with Crippen molar-refractivity contribution in [1.29, 1.82) is 0 Å². The van der Waals surface area contributed by atoms with E-state index in [1.54, 1.807) is 47.4 Å². The number of nitrogens with one attached hydrogen (secondary N) is 1. The number of rotatable bonds is 7. The molecular weight excluding hydrogens is 338 g/mol. The van der Waals surface area contributed by atoms with Crippen molar-refractivity contribution in [1.82, 2.24) is 9.88 Å². The van der Waals surface area contributed by atoms with Gasteiger partial charge in [0.1, 0.15) is 11.4 Å². The molecule has 1 heterocycles. The molecule has 5 nitrogen and oxygen atoms in total. The van der Waals surface area contributed by atoms with Crippen molar-refractivity contribution < 1.29 is 9.59 Å². The first-order valence-corrected chi connectivity index (χ1v) is 8.76. The summed E-state index contributed by atoms with van der Waals surface area (Å²) in [7, 11) is 0. The van der Waals surface area contributed by atoms with Crippen LogP contribution in [0.1, 0.15) is 47.7 Å². The van der Waals surface area contributed by atoms with Crippen LogP contribution in [0.5, 0.6) is 0 Å². The lowest BCUT2D eigenvalue weighted by molar-refractivity contribution is 0.0749. The van der Waals surface area contributed by atoms with Crippen LogP contribution in [-0.4, -0.2) is 34.8 Å². The fourth-order valence-corrected chi connectivity index (χ4v) is 2.63. The van der Waals surface area contributed by atoms with Crippen LogP contribution in [0.3, 0.4) is 0 Å². The van der Waals surface area contributed by atoms with Crippen molar-refractivity contribution in [2.75, 3.05) is 18.4 Å². The third-order valence-electron chi connectivity index (χ3n) is 3.60. The van der Waals surface area contributed by atoms with Gasteiger partial charge in [0, 0.05) is 13.1 Å². The average Bonchev–Trinajstić information content (AvgIpc) is 2.63. The van der Waals surface area contributed by atoms with E-state index in [0.29, 0.717) is 23.8 Å². The highest BCUT2D eigenvalue weighted by molar-refractivity contribution is 6.33. The predicted molar refractivity (Wildman–Crippen MR) is 100 cm³/mol. The number of pyridine rings is 1. The Balaban J connectivity index is 2.18. The van der Waals surface area contributed by atoms with Crippen LogP contribution in [-0.2, 0) is 0 Å². The molecule has 0 aliphatic carbocycles. The molecule has 2 aromatic rings. The van der Waals surface area contributed by atoms with E-state index in [2.05, 4.69) is 10.3 Å². The molecule has 0 saturated heterocycles. The van der Waals surface area contributed by atoms with Crippen LogP contribution < -0.4 is 5.32 Å². The SMILES string of the molecule is CCCN(CCC)C(=O)c1cccc(C(=O)Nc2ccccc2Cl)n1. The number of aromatic nitrogens is 1. The van der Waals surface area contributed by atoms with Crippen LogP contribution in [0.2, 0.25) is 5.02 Å². The van der Waals surface area contributed by atoms with Gasteiger partial charge in [0.05, 0.1) is 10.7 Å². The van der Waals surface area contributed by atoms with Gasteiger partial charge in [-0.05, 0) is 37.1 Å². The number of amides is 2. The lowest BCUT2D eigenvalue weighted by Crippen LogP contribution is -2.33. The highest BCUT2D eigenvalue weighted by atomic mass is 35.5. The number of hydrogen-bond donors (Lipinski definition) is 1. The first kappa shape index (κ1) is 18.9. The predicted octanol–water partition coefficient (Wildman–Crippen LogP) is 4.25. The van der Waals surface area contributed by atoms with Crippen LogP contribution in [0.15, 0.2) is 42.5 Å². The Morgan fingerprint density at radius 3 is 2.28 bits per heavy atom. The van der Waals surface area contributed by atoms with E-state index in [9.17, 15) is 9.59 Å². The first-order valence-electron chi connectivity index (χ1n) is 8.39. The van der Waals surface area contributed by atoms with E-state index in [1.165, 1.54) is 0 Å². The van der Waals surface area contributed by atoms with Crippen LogP contribution >= 0.6 is 11.6 Å². The third-order valence-corrected chi connectivity index (χ3v) is 3.93. The number of halogens is 1. The molecule has 1 aromatic carbocycles. The minimum absolute atomic E-state index is 0.156. The lowest BCUT2D eigenvalue weighted by Gasteiger charge is -2.21. The maximum Gasteiger partial charge on any atom is 0.274 e. The molecule has 0 bridgehead atoms. The molecule has 0 spiro atoms. The summed E-state index contributed by atoms with van der Waals surface area (Å²) in [5.41, 5.74) is 0.957. The van der Waals surface area contributed by atoms with Crippen molar-refractivity contribution in [3.05, 3.63) is 58.9 Å². The number of benzene rings is 1. The summed E-state index contributed by atoms with van der Waals surface area (Å²) >= 11 is 6.05. The topological polar surface area (TPSA) is 62.3 Å². The van der Waals surface area contributed by atoms with E-state index in [0.717, 1.165) is 12.8 Å². The van der Waals surface area contributed by atoms with Gasteiger partial charge in [-0.25, -0.2) is 4.98 Å². The number of anilines is 1. The van der Waals surface area contributed by atoms with Gasteiger partial charge in [0.2, 0.25) is 0 Å². The quantitative estimate of drug-likeness (QED) is 0.803. The van der Waals surface area contributed by atoms with Crippen molar-refractivity contribution in [2.45, 2.75) is 26.7 Å². The fraction of sp³-hybridized carbons (Fsp3) is 0.316.